The maximum Gasteiger partial charge on any atom is 0.333 e. The van der Waals surface area contributed by atoms with Gasteiger partial charge in [0.2, 0.25) is 0 Å². The lowest BCUT2D eigenvalue weighted by Gasteiger charge is -2.12. The Balaban J connectivity index is 1.65. The molecule has 0 radical (unpaired) electrons. The highest BCUT2D eigenvalue weighted by atomic mass is 35.5. The summed E-state index contributed by atoms with van der Waals surface area (Å²) in [7, 11) is 1.52. The summed E-state index contributed by atoms with van der Waals surface area (Å²) in [5, 5.41) is 5.24. The largest absolute Gasteiger partial charge is 0.386 e. The lowest BCUT2D eigenvalue weighted by atomic mass is 10.1. The molecule has 0 saturated heterocycles. The Morgan fingerprint density at radius 2 is 1.91 bits per heavy atom. The second kappa shape index (κ2) is 9.00. The van der Waals surface area contributed by atoms with Crippen LogP contribution in [0.1, 0.15) is 21.3 Å². The van der Waals surface area contributed by atoms with E-state index in [1.807, 2.05) is 0 Å². The van der Waals surface area contributed by atoms with Crippen LogP contribution >= 0.6 is 22.9 Å². The molecule has 33 heavy (non-hydrogen) atoms. The number of amides is 1. The molecule has 8 nitrogen and oxygen atoms in total. The first kappa shape index (κ1) is 22.4. The fourth-order valence-corrected chi connectivity index (χ4v) is 4.39. The Morgan fingerprint density at radius 1 is 1.18 bits per heavy atom. The van der Waals surface area contributed by atoms with Gasteiger partial charge in [-0.3, -0.25) is 9.59 Å². The molecule has 3 N–H and O–H groups in total. The van der Waals surface area contributed by atoms with Crippen molar-refractivity contribution in [1.82, 2.24) is 14.9 Å². The summed E-state index contributed by atoms with van der Waals surface area (Å²) in [6.07, 6.45) is 0.598. The number of nitrogens with one attached hydrogen (secondary N) is 3. The molecule has 0 aliphatic carbocycles. The molecular formula is C22H16ClFN4O4S. The van der Waals surface area contributed by atoms with E-state index in [9.17, 15) is 23.6 Å². The molecule has 0 spiro atoms. The molecule has 0 fully saturated rings. The average Bonchev–Trinajstić information content (AvgIpc) is 3.24. The first-order valence-electron chi connectivity index (χ1n) is 9.60. The number of carbonyl (C=O) groups is 2. The van der Waals surface area contributed by atoms with Gasteiger partial charge in [0.1, 0.15) is 18.1 Å². The molecular weight excluding hydrogens is 471 g/mol. The van der Waals surface area contributed by atoms with Gasteiger partial charge in [0.15, 0.2) is 0 Å². The van der Waals surface area contributed by atoms with Crippen LogP contribution in [-0.4, -0.2) is 28.8 Å². The Hall–Kier alpha value is -3.76. The third-order valence-electron chi connectivity index (χ3n) is 4.97. The summed E-state index contributed by atoms with van der Waals surface area (Å²) in [6, 6.07) is 10.5. The number of benzene rings is 2. The van der Waals surface area contributed by atoms with Gasteiger partial charge in [0.25, 0.3) is 11.5 Å². The average molecular weight is 487 g/mol. The van der Waals surface area contributed by atoms with Crippen LogP contribution in [0.4, 0.5) is 10.1 Å². The third-order valence-corrected chi connectivity index (χ3v) is 6.28. The lowest BCUT2D eigenvalue weighted by molar-refractivity contribution is -0.109. The quantitative estimate of drug-likeness (QED) is 0.362. The summed E-state index contributed by atoms with van der Waals surface area (Å²) >= 11 is 7.06. The van der Waals surface area contributed by atoms with E-state index < -0.39 is 29.0 Å². The van der Waals surface area contributed by atoms with Crippen molar-refractivity contribution >= 4 is 51.7 Å². The van der Waals surface area contributed by atoms with E-state index in [4.69, 9.17) is 11.6 Å². The monoisotopic (exact) mass is 486 g/mol. The second-order valence-corrected chi connectivity index (χ2v) is 8.72. The number of aromatic amines is 1. The van der Waals surface area contributed by atoms with Crippen LogP contribution in [0.3, 0.4) is 0 Å². The third kappa shape index (κ3) is 4.30. The summed E-state index contributed by atoms with van der Waals surface area (Å²) in [4.78, 5) is 52.6. The van der Waals surface area contributed by atoms with Crippen molar-refractivity contribution in [2.75, 3.05) is 12.4 Å². The SMILES string of the molecule is CNc1cc2[nH]c(=O)n(-c3ccc(C(=O)NC(C=O)c4ccc(Cl)s4)cc3)c(=O)c2cc1F. The van der Waals surface area contributed by atoms with Crippen LogP contribution in [-0.2, 0) is 4.79 Å². The normalized spacial score (nSPS) is 11.8. The fourth-order valence-electron chi connectivity index (χ4n) is 3.32. The number of hydrogen-bond donors (Lipinski definition) is 3. The van der Waals surface area contributed by atoms with Crippen molar-refractivity contribution in [1.29, 1.82) is 0 Å². The Morgan fingerprint density at radius 3 is 2.52 bits per heavy atom. The molecule has 1 amide bonds. The number of aromatic nitrogens is 2. The Bertz CT molecular complexity index is 1490. The molecule has 0 bridgehead atoms. The summed E-state index contributed by atoms with van der Waals surface area (Å²) in [5.41, 5.74) is -0.684. The van der Waals surface area contributed by atoms with E-state index in [0.717, 1.165) is 10.6 Å². The number of rotatable bonds is 6. The molecule has 4 rings (SSSR count). The van der Waals surface area contributed by atoms with E-state index >= 15 is 0 Å². The highest BCUT2D eigenvalue weighted by Gasteiger charge is 2.18. The fraction of sp³-hybridized carbons (Fsp3) is 0.0909. The van der Waals surface area contributed by atoms with Gasteiger partial charge in [-0.25, -0.2) is 13.8 Å². The van der Waals surface area contributed by atoms with Crippen LogP contribution in [0.2, 0.25) is 4.34 Å². The zero-order valence-electron chi connectivity index (χ0n) is 17.0. The number of nitrogens with zero attached hydrogens (tertiary/aromatic N) is 1. The number of carbonyl (C=O) groups excluding carboxylic acids is 2. The molecule has 168 valence electrons. The van der Waals surface area contributed by atoms with Gasteiger partial charge in [-0.15, -0.1) is 11.3 Å². The van der Waals surface area contributed by atoms with Gasteiger partial charge in [-0.1, -0.05) is 11.6 Å². The Labute approximate surface area is 194 Å². The maximum atomic E-state index is 14.2. The van der Waals surface area contributed by atoms with E-state index in [1.165, 1.54) is 48.7 Å². The van der Waals surface area contributed by atoms with Crippen molar-refractivity contribution in [3.63, 3.8) is 0 Å². The minimum atomic E-state index is -0.863. The van der Waals surface area contributed by atoms with Crippen molar-refractivity contribution < 1.29 is 14.0 Å². The standard InChI is InChI=1S/C22H16ClFN4O4S/c1-25-16-9-15-13(8-14(16)24)21(31)28(22(32)27-15)12-4-2-11(3-5-12)20(30)26-17(10-29)18-6-7-19(23)33-18/h2-10,17,25H,1H3,(H,26,30)(H,27,32). The van der Waals surface area contributed by atoms with Crippen molar-refractivity contribution in [2.24, 2.45) is 0 Å². The molecule has 2 aromatic carbocycles. The van der Waals surface area contributed by atoms with Gasteiger partial charge in [-0.2, -0.15) is 0 Å². The van der Waals surface area contributed by atoms with Gasteiger partial charge >= 0.3 is 5.69 Å². The zero-order valence-corrected chi connectivity index (χ0v) is 18.6. The van der Waals surface area contributed by atoms with E-state index in [2.05, 4.69) is 15.6 Å². The smallest absolute Gasteiger partial charge is 0.333 e. The molecule has 1 atom stereocenters. The van der Waals surface area contributed by atoms with E-state index in [-0.39, 0.29) is 27.8 Å². The minimum Gasteiger partial charge on any atom is -0.386 e. The van der Waals surface area contributed by atoms with Crippen LogP contribution < -0.4 is 21.9 Å². The highest BCUT2D eigenvalue weighted by Crippen LogP contribution is 2.26. The highest BCUT2D eigenvalue weighted by molar-refractivity contribution is 7.16. The number of thiophene rings is 1. The number of hydrogen-bond acceptors (Lipinski definition) is 6. The van der Waals surface area contributed by atoms with Crippen LogP contribution in [0.25, 0.3) is 16.6 Å². The Kier molecular flexibility index (Phi) is 6.12. The summed E-state index contributed by atoms with van der Waals surface area (Å²) in [5.74, 6) is -1.16. The van der Waals surface area contributed by atoms with Gasteiger partial charge < -0.3 is 20.4 Å². The number of H-pyrrole nitrogens is 1. The van der Waals surface area contributed by atoms with Gasteiger partial charge in [0.05, 0.1) is 26.6 Å². The van der Waals surface area contributed by atoms with Crippen LogP contribution in [0.15, 0.2) is 58.1 Å². The molecule has 2 aromatic heterocycles. The summed E-state index contributed by atoms with van der Waals surface area (Å²) in [6.45, 7) is 0. The first-order valence-corrected chi connectivity index (χ1v) is 10.8. The minimum absolute atomic E-state index is 0.00338. The van der Waals surface area contributed by atoms with Crippen LogP contribution in [0, 0.1) is 5.82 Å². The summed E-state index contributed by atoms with van der Waals surface area (Å²) < 4.78 is 15.5. The molecule has 0 saturated carbocycles. The van der Waals surface area contributed by atoms with E-state index in [1.54, 1.807) is 12.1 Å². The van der Waals surface area contributed by atoms with Crippen molar-refractivity contribution in [3.05, 3.63) is 90.0 Å². The lowest BCUT2D eigenvalue weighted by Crippen LogP contribution is -2.34. The molecule has 11 heteroatoms. The number of anilines is 1. The van der Waals surface area contributed by atoms with Gasteiger partial charge in [0, 0.05) is 17.5 Å². The molecule has 0 aliphatic heterocycles. The molecule has 2 heterocycles. The van der Waals surface area contributed by atoms with Crippen LogP contribution in [0.5, 0.6) is 0 Å². The number of halogens is 2. The maximum absolute atomic E-state index is 14.2. The molecule has 0 aliphatic rings. The second-order valence-electron chi connectivity index (χ2n) is 6.97. The molecule has 4 aromatic rings. The van der Waals surface area contributed by atoms with E-state index in [0.29, 0.717) is 15.5 Å². The first-order chi connectivity index (χ1) is 15.8. The van der Waals surface area contributed by atoms with Gasteiger partial charge in [-0.05, 0) is 48.5 Å². The number of fused-ring (bicyclic) bond motifs is 1. The van der Waals surface area contributed by atoms with Crippen molar-refractivity contribution in [2.45, 2.75) is 6.04 Å². The number of aldehydes is 1. The topological polar surface area (TPSA) is 113 Å². The molecule has 1 unspecified atom stereocenters. The predicted octanol–water partition coefficient (Wildman–Crippen LogP) is 3.24. The predicted molar refractivity (Wildman–Crippen MR) is 125 cm³/mol. The van der Waals surface area contributed by atoms with Crippen molar-refractivity contribution in [3.8, 4) is 5.69 Å². The zero-order chi connectivity index (χ0) is 23.7.